The van der Waals surface area contributed by atoms with Gasteiger partial charge in [0, 0.05) is 95.4 Å². The van der Waals surface area contributed by atoms with Crippen molar-refractivity contribution in [3.05, 3.63) is 0 Å². The monoisotopic (exact) mass is 920 g/mol. The molecule has 0 N–H and O–H groups in total. The molecule has 8 bridgehead atoms. The van der Waals surface area contributed by atoms with Gasteiger partial charge in [0.25, 0.3) is 0 Å². The van der Waals surface area contributed by atoms with E-state index < -0.39 is 70.4 Å². The van der Waals surface area contributed by atoms with Crippen LogP contribution in [0.15, 0.2) is 0 Å². The van der Waals surface area contributed by atoms with E-state index in [2.05, 4.69) is 0 Å². The van der Waals surface area contributed by atoms with Gasteiger partial charge in [-0.1, -0.05) is 0 Å². The first-order valence-corrected chi connectivity index (χ1v) is 33.6. The zero-order chi connectivity index (χ0) is 31.8. The molecular weight excluding hydrogens is 892 g/mol. The molecule has 0 aromatic heterocycles. The molecule has 0 aliphatic carbocycles. The first kappa shape index (κ1) is 38.8. The van der Waals surface area contributed by atoms with Crippen molar-refractivity contribution in [1.29, 1.82) is 0 Å². The second kappa shape index (κ2) is 15.3. The van der Waals surface area contributed by atoms with Crippen molar-refractivity contribution in [3.8, 4) is 0 Å². The second-order valence-corrected chi connectivity index (χ2v) is 38.0. The molecule has 0 atom stereocenters. The Hall–Kier alpha value is 3.58. The lowest BCUT2D eigenvalue weighted by atomic mass is 11.0. The fourth-order valence-electron chi connectivity index (χ4n) is 5.49. The summed E-state index contributed by atoms with van der Waals surface area (Å²) in [7, 11) is -32.5. The summed E-state index contributed by atoms with van der Waals surface area (Å²) in [5.74, 6) is 0.574. The predicted molar refractivity (Wildman–Crippen MR) is 183 cm³/mol. The van der Waals surface area contributed by atoms with Crippen LogP contribution in [-0.2, 0) is 49.4 Å². The molecule has 6 fully saturated rings. The minimum absolute atomic E-state index is 0.0717. The maximum Gasteiger partial charge on any atom is 0.480 e. The molecule has 256 valence electrons. The van der Waals surface area contributed by atoms with Crippen LogP contribution in [-0.4, -0.2) is 117 Å². The van der Waals surface area contributed by atoms with Crippen molar-refractivity contribution in [2.75, 3.05) is 47.0 Å². The Morgan fingerprint density at radius 3 is 0.364 bits per heavy atom. The second-order valence-electron chi connectivity index (χ2n) is 10.2. The molecule has 6 aliphatic rings. The number of halogens is 8. The molecule has 12 nitrogen and oxygen atoms in total. The van der Waals surface area contributed by atoms with E-state index in [9.17, 15) is 0 Å². The van der Waals surface area contributed by atoms with Gasteiger partial charge in [0.15, 0.2) is 0 Å². The predicted octanol–water partition coefficient (Wildman–Crippen LogP) is 5.68. The average Bonchev–Trinajstić information content (AvgIpc) is 2.85. The molecule has 6 aliphatic heterocycles. The highest BCUT2D eigenvalue weighted by Gasteiger charge is 2.82. The topological polar surface area (TPSA) is 111 Å². The van der Waals surface area contributed by atoms with E-state index in [1.165, 1.54) is 0 Å². The third kappa shape index (κ3) is 7.83. The quantitative estimate of drug-likeness (QED) is 0.141. The third-order valence-electron chi connectivity index (χ3n) is 6.94. The van der Waals surface area contributed by atoms with Crippen molar-refractivity contribution >= 4 is 163 Å². The summed E-state index contributed by atoms with van der Waals surface area (Å²) in [6.45, 7) is 0. The number of hydrogen-bond acceptors (Lipinski definition) is 12. The average molecular weight is 925 g/mol. The van der Waals surface area contributed by atoms with Gasteiger partial charge in [0.05, 0.1) is 0 Å². The van der Waals surface area contributed by atoms with Gasteiger partial charge in [0.2, 0.25) is 0 Å². The van der Waals surface area contributed by atoms with Crippen LogP contribution < -0.4 is 0 Å². The van der Waals surface area contributed by atoms with Crippen LogP contribution in [0.5, 0.6) is 0 Å². The molecule has 6 rings (SSSR count). The summed E-state index contributed by atoms with van der Waals surface area (Å²) in [6, 6.07) is 0.758. The lowest BCUT2D eigenvalue weighted by Gasteiger charge is -2.63. The number of alkyl halides is 8. The van der Waals surface area contributed by atoms with Crippen LogP contribution >= 0.6 is 92.8 Å². The largest absolute Gasteiger partial charge is 0.480 e. The Bertz CT molecular complexity index is 724. The lowest BCUT2D eigenvalue weighted by molar-refractivity contribution is -0.0280. The van der Waals surface area contributed by atoms with Gasteiger partial charge >= 0.3 is 70.4 Å². The minimum Gasteiger partial charge on any atom is -0.373 e. The maximum atomic E-state index is 7.03. The van der Waals surface area contributed by atoms with E-state index in [1.807, 2.05) is 0 Å². The molecule has 0 saturated carbocycles. The number of hydrogen-bond donors (Lipinski definition) is 0. The van der Waals surface area contributed by atoms with Crippen molar-refractivity contribution in [2.24, 2.45) is 0 Å². The fourth-order valence-corrected chi connectivity index (χ4v) is 58.4. The van der Waals surface area contributed by atoms with Crippen LogP contribution in [0.2, 0.25) is 48.4 Å². The zero-order valence-electron chi connectivity index (χ0n) is 23.2. The molecule has 44 heavy (non-hydrogen) atoms. The zero-order valence-corrected chi connectivity index (χ0v) is 37.3. The highest BCUT2D eigenvalue weighted by molar-refractivity contribution is 7.03. The molecule has 28 heteroatoms. The summed E-state index contributed by atoms with van der Waals surface area (Å²) < 4.78 is 84.3. The van der Waals surface area contributed by atoms with Crippen LogP contribution in [0.25, 0.3) is 0 Å². The highest BCUT2D eigenvalue weighted by atomic mass is 35.5. The Kier molecular flexibility index (Phi) is 13.5. The molecule has 0 aromatic carbocycles. The first-order chi connectivity index (χ1) is 21.0. The molecule has 0 aromatic rings. The van der Waals surface area contributed by atoms with Gasteiger partial charge in [0.1, 0.15) is 0 Å². The molecule has 0 amide bonds. The first-order valence-electron chi connectivity index (χ1n) is 13.9. The summed E-state index contributed by atoms with van der Waals surface area (Å²) >= 11 is 51.3. The minimum atomic E-state index is -4.07. The Balaban J connectivity index is 1.88. The van der Waals surface area contributed by atoms with E-state index in [1.54, 1.807) is 0 Å². The van der Waals surface area contributed by atoms with Gasteiger partial charge in [-0.15, -0.1) is 92.8 Å². The fraction of sp³-hybridized carbons (Fsp3) is 1.00. The smallest absolute Gasteiger partial charge is 0.373 e. The van der Waals surface area contributed by atoms with E-state index in [0.717, 1.165) is 0 Å². The van der Waals surface area contributed by atoms with E-state index in [0.29, 0.717) is 0 Å². The van der Waals surface area contributed by atoms with Crippen LogP contribution in [0.1, 0.15) is 0 Å². The van der Waals surface area contributed by atoms with E-state index in [4.69, 9.17) is 142 Å². The van der Waals surface area contributed by atoms with Crippen molar-refractivity contribution in [1.82, 2.24) is 0 Å². The third-order valence-corrected chi connectivity index (χ3v) is 47.7. The van der Waals surface area contributed by atoms with Crippen LogP contribution in [0, 0.1) is 0 Å². The molecule has 6 heterocycles. The van der Waals surface area contributed by atoms with Crippen molar-refractivity contribution < 1.29 is 49.4 Å². The SMILES string of the molecule is ClCC[Si]12O[Si]3(CCCl)O[Si]4(CCCl)O[Si](CCCl)(O1)O[Si]1(CCCl)O[Si](CCCl)(O2)O[Si](CCCl)(O3)O[Si](CCCl)(O4)O1. The lowest BCUT2D eigenvalue weighted by Crippen LogP contribution is -2.88. The van der Waals surface area contributed by atoms with Gasteiger partial charge in [-0.05, 0) is 0 Å². The Morgan fingerprint density at radius 1 is 0.205 bits per heavy atom. The van der Waals surface area contributed by atoms with Crippen molar-refractivity contribution in [2.45, 2.75) is 48.4 Å². The summed E-state index contributed by atoms with van der Waals surface area (Å²) in [4.78, 5) is 0. The molecule has 6 saturated heterocycles. The number of rotatable bonds is 16. The maximum absolute atomic E-state index is 7.03. The summed E-state index contributed by atoms with van der Waals surface area (Å²) in [6.07, 6.45) is 0. The van der Waals surface area contributed by atoms with Gasteiger partial charge < -0.3 is 49.4 Å². The summed E-state index contributed by atoms with van der Waals surface area (Å²) in [5, 5.41) is 0. The van der Waals surface area contributed by atoms with Crippen LogP contribution in [0.4, 0.5) is 0 Å². The van der Waals surface area contributed by atoms with Crippen LogP contribution in [0.3, 0.4) is 0 Å². The molecule has 0 spiro atoms. The standard InChI is InChI=1S/C16H32Cl8O12Si8/c17-1-9-37-25-38(10-2-18)28-41(13-5-21)30-39(26-37,11-3-19)32-43(15-7-23)33-40(27-37,12-4-20)31-42(29-38,14-6-22)35-44(34-41,36-43)16-8-24/h1-16H2. The van der Waals surface area contributed by atoms with E-state index in [-0.39, 0.29) is 95.4 Å². The van der Waals surface area contributed by atoms with Crippen molar-refractivity contribution in [3.63, 3.8) is 0 Å². The van der Waals surface area contributed by atoms with E-state index >= 15 is 0 Å². The Labute approximate surface area is 305 Å². The highest BCUT2D eigenvalue weighted by Crippen LogP contribution is 2.53. The molecule has 0 radical (unpaired) electrons. The summed E-state index contributed by atoms with van der Waals surface area (Å²) in [5.41, 5.74) is 0. The Morgan fingerprint density at radius 2 is 0.295 bits per heavy atom. The van der Waals surface area contributed by atoms with Gasteiger partial charge in [-0.3, -0.25) is 0 Å². The van der Waals surface area contributed by atoms with Gasteiger partial charge in [-0.2, -0.15) is 0 Å². The molecule has 0 unspecified atom stereocenters. The molecular formula is C16H32Cl8O12Si8. The van der Waals surface area contributed by atoms with Gasteiger partial charge in [-0.25, -0.2) is 0 Å². The normalized spacial score (nSPS) is 46.4.